The minimum atomic E-state index is -1.02. The van der Waals surface area contributed by atoms with E-state index < -0.39 is 17.9 Å². The van der Waals surface area contributed by atoms with Crippen molar-refractivity contribution in [3.05, 3.63) is 12.2 Å². The van der Waals surface area contributed by atoms with Gasteiger partial charge in [-0.1, -0.05) is 109 Å². The summed E-state index contributed by atoms with van der Waals surface area (Å²) in [6.45, 7) is 5.89. The Kier molecular flexibility index (Phi) is 31.7. The van der Waals surface area contributed by atoms with Crippen LogP contribution in [-0.2, 0) is 14.4 Å². The molecule has 0 aliphatic heterocycles. The normalized spacial score (nSPS) is 11.8. The predicted octanol–water partition coefficient (Wildman–Crippen LogP) is 9.61. The Morgan fingerprint density at radius 1 is 0.457 bits per heavy atom. The van der Waals surface area contributed by atoms with Gasteiger partial charge < -0.3 is 24.6 Å². The quantitative estimate of drug-likeness (QED) is 0.0393. The summed E-state index contributed by atoms with van der Waals surface area (Å²) in [5.41, 5.74) is 0. The number of carbonyl (C=O) groups is 3. The van der Waals surface area contributed by atoms with Gasteiger partial charge in [-0.3, -0.25) is 9.59 Å². The van der Waals surface area contributed by atoms with Gasteiger partial charge in [-0.2, -0.15) is 0 Å². The van der Waals surface area contributed by atoms with Gasteiger partial charge >= 0.3 is 11.9 Å². The summed E-state index contributed by atoms with van der Waals surface area (Å²) in [7, 11) is 0. The van der Waals surface area contributed by atoms with Gasteiger partial charge in [0.05, 0.1) is 26.2 Å². The Morgan fingerprint density at radius 3 is 1.11 bits per heavy atom. The van der Waals surface area contributed by atoms with Gasteiger partial charge in [0, 0.05) is 18.8 Å². The second-order valence-electron chi connectivity index (χ2n) is 13.8. The summed E-state index contributed by atoms with van der Waals surface area (Å²) in [5.74, 6) is -2.56. The van der Waals surface area contributed by atoms with Crippen LogP contribution in [0.1, 0.15) is 193 Å². The lowest BCUT2D eigenvalue weighted by Gasteiger charge is -2.39. The lowest BCUT2D eigenvalue weighted by molar-refractivity contribution is -0.929. The zero-order valence-electron chi connectivity index (χ0n) is 30.0. The maximum absolute atomic E-state index is 11.0. The molecule has 0 rings (SSSR count). The molecule has 7 heteroatoms. The van der Waals surface area contributed by atoms with Crippen LogP contribution < -0.4 is 5.11 Å². The largest absolute Gasteiger partial charge is 0.550 e. The first-order valence-electron chi connectivity index (χ1n) is 19.4. The van der Waals surface area contributed by atoms with Crippen LogP contribution in [0.4, 0.5) is 0 Å². The minimum Gasteiger partial charge on any atom is -0.550 e. The smallest absolute Gasteiger partial charge is 0.303 e. The van der Waals surface area contributed by atoms with E-state index in [-0.39, 0.29) is 19.3 Å². The van der Waals surface area contributed by atoms with Crippen LogP contribution in [-0.4, -0.2) is 58.8 Å². The van der Waals surface area contributed by atoms with Crippen LogP contribution in [0.25, 0.3) is 0 Å². The number of rotatable bonds is 37. The third-order valence-electron chi connectivity index (χ3n) is 9.45. The van der Waals surface area contributed by atoms with E-state index in [2.05, 4.69) is 19.1 Å². The van der Waals surface area contributed by atoms with Gasteiger partial charge in [0.1, 0.15) is 0 Å². The van der Waals surface area contributed by atoms with Crippen molar-refractivity contribution in [1.82, 2.24) is 0 Å². The molecule has 0 aliphatic carbocycles. The Morgan fingerprint density at radius 2 is 0.761 bits per heavy atom. The Bertz CT molecular complexity index is 698. The van der Waals surface area contributed by atoms with Gasteiger partial charge in [-0.05, 0) is 83.5 Å². The molecule has 2 N–H and O–H groups in total. The number of hydrogen-bond acceptors (Lipinski definition) is 4. The maximum Gasteiger partial charge on any atom is 0.303 e. The molecule has 0 aliphatic rings. The second-order valence-corrected chi connectivity index (χ2v) is 13.8. The van der Waals surface area contributed by atoms with Crippen molar-refractivity contribution in [2.45, 2.75) is 193 Å². The van der Waals surface area contributed by atoms with E-state index in [1.54, 1.807) is 0 Å². The standard InChI is InChI=1S/C39H73NO6/c1-2-3-4-5-6-7-8-9-10-11-12-13-14-15-16-17-18-19-20-21-22-26-33-40(34-27-23-30-37(41)42,35-28-24-31-38(43)44)36-29-25-32-39(45)46/h8-9H,2-7,10-36H2,1H3,(H2-,41,42,43,44,45,46)/b9-8+. The SMILES string of the molecule is CCCCCCC/C=C/CCCCCCCCCCCCCCC[N+](CCCCC(=O)[O-])(CCCCC(=O)O)CCCCC(=O)O. The number of nitrogens with zero attached hydrogens (tertiary/aromatic N) is 1. The molecule has 0 heterocycles. The van der Waals surface area contributed by atoms with Crippen molar-refractivity contribution in [1.29, 1.82) is 0 Å². The molecule has 0 saturated heterocycles. The van der Waals surface area contributed by atoms with Crippen LogP contribution in [0.2, 0.25) is 0 Å². The fourth-order valence-corrected chi connectivity index (χ4v) is 6.59. The van der Waals surface area contributed by atoms with E-state index in [1.165, 1.54) is 122 Å². The van der Waals surface area contributed by atoms with Crippen molar-refractivity contribution in [3.63, 3.8) is 0 Å². The second kappa shape index (κ2) is 33.0. The number of hydrogen-bond donors (Lipinski definition) is 2. The van der Waals surface area contributed by atoms with E-state index >= 15 is 0 Å². The molecule has 270 valence electrons. The highest BCUT2D eigenvalue weighted by Crippen LogP contribution is 2.20. The Hall–Kier alpha value is -1.89. The third-order valence-corrected chi connectivity index (χ3v) is 9.45. The summed E-state index contributed by atoms with van der Waals surface area (Å²) in [4.78, 5) is 33.0. The van der Waals surface area contributed by atoms with Crippen LogP contribution in [0.15, 0.2) is 12.2 Å². The number of carbonyl (C=O) groups excluding carboxylic acids is 1. The molecule has 7 nitrogen and oxygen atoms in total. The van der Waals surface area contributed by atoms with Crippen molar-refractivity contribution in [3.8, 4) is 0 Å². The van der Waals surface area contributed by atoms with Crippen molar-refractivity contribution >= 4 is 17.9 Å². The van der Waals surface area contributed by atoms with Crippen LogP contribution in [0, 0.1) is 0 Å². The molecule has 0 saturated carbocycles. The average Bonchev–Trinajstić information content (AvgIpc) is 3.02. The van der Waals surface area contributed by atoms with E-state index in [9.17, 15) is 19.5 Å². The van der Waals surface area contributed by atoms with Crippen molar-refractivity contribution in [2.75, 3.05) is 26.2 Å². The lowest BCUT2D eigenvalue weighted by atomic mass is 10.0. The molecule has 0 radical (unpaired) electrons. The number of carboxylic acid groups (broad SMARTS) is 3. The summed E-state index contributed by atoms with van der Waals surface area (Å²) in [6.07, 6.45) is 35.8. The van der Waals surface area contributed by atoms with Gasteiger partial charge in [0.25, 0.3) is 0 Å². The Balaban J connectivity index is 4.15. The van der Waals surface area contributed by atoms with E-state index in [4.69, 9.17) is 10.2 Å². The first-order valence-corrected chi connectivity index (χ1v) is 19.4. The molecule has 0 aromatic heterocycles. The predicted molar refractivity (Wildman–Crippen MR) is 189 cm³/mol. The van der Waals surface area contributed by atoms with Gasteiger partial charge in [-0.15, -0.1) is 0 Å². The van der Waals surface area contributed by atoms with Crippen LogP contribution >= 0.6 is 0 Å². The van der Waals surface area contributed by atoms with E-state index in [1.807, 2.05) is 0 Å². The molecular weight excluding hydrogens is 578 g/mol. The fraction of sp³-hybridized carbons (Fsp3) is 0.872. The third kappa shape index (κ3) is 32.1. The van der Waals surface area contributed by atoms with E-state index in [0.717, 1.165) is 56.3 Å². The first-order chi connectivity index (χ1) is 22.3. The number of aliphatic carboxylic acids is 3. The van der Waals surface area contributed by atoms with Crippen LogP contribution in [0.3, 0.4) is 0 Å². The average molecular weight is 652 g/mol. The number of unbranched alkanes of at least 4 members (excludes halogenated alkanes) is 21. The highest BCUT2D eigenvalue weighted by molar-refractivity contribution is 5.66. The zero-order valence-corrected chi connectivity index (χ0v) is 30.0. The number of carboxylic acids is 3. The molecule has 0 atom stereocenters. The Labute approximate surface area is 283 Å². The lowest BCUT2D eigenvalue weighted by Crippen LogP contribution is -2.51. The topological polar surface area (TPSA) is 115 Å². The number of allylic oxidation sites excluding steroid dienone is 2. The maximum atomic E-state index is 11.0. The van der Waals surface area contributed by atoms with Crippen LogP contribution in [0.5, 0.6) is 0 Å². The van der Waals surface area contributed by atoms with Crippen molar-refractivity contribution in [2.24, 2.45) is 0 Å². The minimum absolute atomic E-state index is 0.0647. The molecule has 0 unspecified atom stereocenters. The highest BCUT2D eigenvalue weighted by atomic mass is 16.4. The first kappa shape index (κ1) is 44.1. The fourth-order valence-electron chi connectivity index (χ4n) is 6.59. The molecule has 0 fully saturated rings. The highest BCUT2D eigenvalue weighted by Gasteiger charge is 2.26. The molecular formula is C39H73NO6. The summed E-state index contributed by atoms with van der Waals surface area (Å²) in [6, 6.07) is 0. The van der Waals surface area contributed by atoms with Gasteiger partial charge in [-0.25, -0.2) is 0 Å². The van der Waals surface area contributed by atoms with Crippen molar-refractivity contribution < 1.29 is 34.2 Å². The molecule has 0 bridgehead atoms. The molecule has 0 amide bonds. The summed E-state index contributed by atoms with van der Waals surface area (Å²) in [5, 5.41) is 29.0. The molecule has 0 aromatic carbocycles. The van der Waals surface area contributed by atoms with E-state index in [0.29, 0.717) is 19.3 Å². The molecule has 46 heavy (non-hydrogen) atoms. The summed E-state index contributed by atoms with van der Waals surface area (Å²) < 4.78 is 0.849. The summed E-state index contributed by atoms with van der Waals surface area (Å²) >= 11 is 0. The monoisotopic (exact) mass is 652 g/mol. The molecule has 0 aromatic rings. The zero-order chi connectivity index (χ0) is 34.0. The van der Waals surface area contributed by atoms with Gasteiger partial charge in [0.2, 0.25) is 0 Å². The number of quaternary nitrogens is 1. The van der Waals surface area contributed by atoms with Gasteiger partial charge in [0.15, 0.2) is 0 Å². The molecule has 0 spiro atoms.